The third-order valence-corrected chi connectivity index (χ3v) is 5.75. The second-order valence-corrected chi connectivity index (χ2v) is 9.36. The summed E-state index contributed by atoms with van der Waals surface area (Å²) in [6, 6.07) is 0.934. The van der Waals surface area contributed by atoms with Gasteiger partial charge in [0.15, 0.2) is 0 Å². The molecule has 0 spiro atoms. The predicted octanol–water partition coefficient (Wildman–Crippen LogP) is 5.83. The highest BCUT2D eigenvalue weighted by atomic mass is 32.2. The zero-order chi connectivity index (χ0) is 33.2. The van der Waals surface area contributed by atoms with Crippen molar-refractivity contribution in [1.82, 2.24) is 0 Å². The smallest absolute Gasteiger partial charge is 0.421 e. The van der Waals surface area contributed by atoms with E-state index in [9.17, 15) is 75.1 Å². The third kappa shape index (κ3) is 8.46. The molecule has 1 aromatic carbocycles. The van der Waals surface area contributed by atoms with Crippen molar-refractivity contribution < 1.29 is 93.8 Å². The molecule has 1 rings (SSSR count). The van der Waals surface area contributed by atoms with Crippen molar-refractivity contribution in [3.05, 3.63) is 42.0 Å². The average Bonchev–Trinajstić information content (AvgIpc) is 2.79. The molecular formula is C20H15F13O8S. The monoisotopic (exact) mass is 662 g/mol. The van der Waals surface area contributed by atoms with Crippen LogP contribution in [0.5, 0.6) is 5.75 Å². The average molecular weight is 662 g/mol. The lowest BCUT2D eigenvalue weighted by Gasteiger charge is -2.32. The highest BCUT2D eigenvalue weighted by Gasteiger charge is 2.69. The van der Waals surface area contributed by atoms with E-state index >= 15 is 0 Å². The summed E-state index contributed by atoms with van der Waals surface area (Å²) in [6.45, 7) is 0.435. The lowest BCUT2D eigenvalue weighted by molar-refractivity contribution is -0.352. The first-order valence-electron chi connectivity index (χ1n) is 10.4. The molecule has 22 heteroatoms. The first kappa shape index (κ1) is 36.9. The molecule has 1 unspecified atom stereocenters. The number of benzene rings is 1. The lowest BCUT2D eigenvalue weighted by Crippen LogP contribution is -2.59. The number of unbranched alkanes of at least 4 members (excludes halogenated alkanes) is 1. The summed E-state index contributed by atoms with van der Waals surface area (Å²) in [5.41, 5.74) is -4.03. The number of hydrogen-bond acceptors (Lipinski definition) is 7. The highest BCUT2D eigenvalue weighted by Crippen LogP contribution is 2.42. The van der Waals surface area contributed by atoms with E-state index in [0.717, 1.165) is 0 Å². The number of rotatable bonds is 12. The Kier molecular flexibility index (Phi) is 10.7. The quantitative estimate of drug-likeness (QED) is 0.0566. The molecule has 0 saturated heterocycles. The van der Waals surface area contributed by atoms with Gasteiger partial charge in [0.25, 0.3) is 0 Å². The second-order valence-electron chi connectivity index (χ2n) is 7.89. The number of carbonyl (C=O) groups excluding carboxylic acids is 2. The largest absolute Gasteiger partial charge is 0.468 e. The van der Waals surface area contributed by atoms with Crippen LogP contribution in [-0.2, 0) is 35.4 Å². The van der Waals surface area contributed by atoms with Crippen molar-refractivity contribution >= 4 is 22.1 Å². The summed E-state index contributed by atoms with van der Waals surface area (Å²) in [6.07, 6.45) is -21.8. The van der Waals surface area contributed by atoms with Crippen LogP contribution in [0.4, 0.5) is 57.1 Å². The van der Waals surface area contributed by atoms with Gasteiger partial charge in [0.2, 0.25) is 0 Å². The van der Waals surface area contributed by atoms with Gasteiger partial charge in [-0.2, -0.15) is 65.5 Å². The molecule has 42 heavy (non-hydrogen) atoms. The summed E-state index contributed by atoms with van der Waals surface area (Å²) in [5, 5.41) is -6.06. The van der Waals surface area contributed by atoms with Gasteiger partial charge >= 0.3 is 57.5 Å². The fraction of sp³-hybridized carbons (Fsp3) is 0.500. The number of esters is 2. The maximum absolute atomic E-state index is 14.0. The Morgan fingerprint density at radius 1 is 0.833 bits per heavy atom. The number of hydrogen-bond donors (Lipinski definition) is 1. The molecule has 0 fully saturated rings. The van der Waals surface area contributed by atoms with E-state index in [-0.39, 0.29) is 24.3 Å². The Bertz CT molecular complexity index is 1250. The molecule has 0 aromatic heterocycles. The summed E-state index contributed by atoms with van der Waals surface area (Å²) in [7, 11) is -6.68. The van der Waals surface area contributed by atoms with Crippen molar-refractivity contribution in [1.29, 1.82) is 0 Å². The number of carbonyl (C=O) groups is 2. The van der Waals surface area contributed by atoms with Crippen LogP contribution >= 0.6 is 0 Å². The molecule has 0 aliphatic rings. The molecule has 1 atom stereocenters. The molecule has 0 bridgehead atoms. The molecule has 0 radical (unpaired) electrons. The normalized spacial score (nSPS) is 15.1. The fourth-order valence-electron chi connectivity index (χ4n) is 2.58. The van der Waals surface area contributed by atoms with Gasteiger partial charge < -0.3 is 14.2 Å². The standard InChI is InChI=1S/C20H15F13O8S/c1-10(17(23,24)25)13(34)41-16(19(29,30)31,14(35)40-12-6-4-11(5-7-12)18(26,27)28)39-9-3-2-8-15(21,22)20(32,33)42(36,37)38/h4-7H,1-3,8-9H2,(H,36,37,38). The number of alkyl halides is 13. The zero-order valence-corrected chi connectivity index (χ0v) is 20.8. The highest BCUT2D eigenvalue weighted by molar-refractivity contribution is 7.87. The Balaban J connectivity index is 3.32. The minimum absolute atomic E-state index is 0.193. The van der Waals surface area contributed by atoms with Gasteiger partial charge in [-0.25, -0.2) is 9.59 Å². The van der Waals surface area contributed by atoms with E-state index in [2.05, 4.69) is 20.8 Å². The Morgan fingerprint density at radius 2 is 1.33 bits per heavy atom. The second kappa shape index (κ2) is 12.2. The third-order valence-electron chi connectivity index (χ3n) is 4.80. The van der Waals surface area contributed by atoms with Gasteiger partial charge in [-0.05, 0) is 37.1 Å². The van der Waals surface area contributed by atoms with Gasteiger partial charge in [0.05, 0.1) is 12.2 Å². The van der Waals surface area contributed by atoms with Gasteiger partial charge in [-0.15, -0.1) is 0 Å². The molecule has 0 aliphatic heterocycles. The van der Waals surface area contributed by atoms with Crippen LogP contribution in [0.1, 0.15) is 24.8 Å². The first-order valence-corrected chi connectivity index (χ1v) is 11.9. The van der Waals surface area contributed by atoms with E-state index in [1.165, 1.54) is 0 Å². The van der Waals surface area contributed by atoms with Crippen LogP contribution in [0.15, 0.2) is 36.4 Å². The SMILES string of the molecule is C=C(C(=O)OC(OCCCCC(F)(F)C(F)(F)S(=O)(=O)O)(C(=O)Oc1ccc(C(F)(F)F)cc1)C(F)(F)F)C(F)(F)F. The van der Waals surface area contributed by atoms with E-state index in [1.54, 1.807) is 0 Å². The van der Waals surface area contributed by atoms with Gasteiger partial charge in [0.1, 0.15) is 11.3 Å². The summed E-state index contributed by atoms with van der Waals surface area (Å²) >= 11 is 0. The number of halogens is 13. The van der Waals surface area contributed by atoms with Gasteiger partial charge in [0, 0.05) is 6.42 Å². The zero-order valence-electron chi connectivity index (χ0n) is 20.0. The van der Waals surface area contributed by atoms with Crippen LogP contribution in [0.2, 0.25) is 0 Å². The molecule has 0 aliphatic carbocycles. The van der Waals surface area contributed by atoms with Crippen molar-refractivity contribution in [2.45, 2.75) is 54.8 Å². The molecule has 1 N–H and O–H groups in total. The maximum Gasteiger partial charge on any atom is 0.468 e. The van der Waals surface area contributed by atoms with Crippen LogP contribution in [0.3, 0.4) is 0 Å². The number of ether oxygens (including phenoxy) is 3. The molecule has 240 valence electrons. The maximum atomic E-state index is 14.0. The molecule has 8 nitrogen and oxygen atoms in total. The lowest BCUT2D eigenvalue weighted by atomic mass is 10.1. The van der Waals surface area contributed by atoms with Crippen LogP contribution in [0.25, 0.3) is 0 Å². The Labute approximate surface area is 225 Å². The summed E-state index contributed by atoms with van der Waals surface area (Å²) in [5.74, 6) is -17.7. The predicted molar refractivity (Wildman–Crippen MR) is 108 cm³/mol. The minimum atomic E-state index is -6.68. The van der Waals surface area contributed by atoms with E-state index < -0.39 is 100 Å². The molecular weight excluding hydrogens is 647 g/mol. The summed E-state index contributed by atoms with van der Waals surface area (Å²) < 4.78 is 213. The molecule has 0 saturated carbocycles. The van der Waals surface area contributed by atoms with Gasteiger partial charge in [-0.3, -0.25) is 4.55 Å². The van der Waals surface area contributed by atoms with Crippen LogP contribution < -0.4 is 4.74 Å². The van der Waals surface area contributed by atoms with E-state index in [0.29, 0.717) is 0 Å². The van der Waals surface area contributed by atoms with Crippen LogP contribution in [-0.4, -0.2) is 60.8 Å². The van der Waals surface area contributed by atoms with Gasteiger partial charge in [-0.1, -0.05) is 6.58 Å². The van der Waals surface area contributed by atoms with Crippen molar-refractivity contribution in [3.8, 4) is 5.75 Å². The fourth-order valence-corrected chi connectivity index (χ4v) is 3.06. The summed E-state index contributed by atoms with van der Waals surface area (Å²) in [4.78, 5) is 24.2. The molecule has 0 amide bonds. The van der Waals surface area contributed by atoms with Crippen molar-refractivity contribution in [2.75, 3.05) is 6.61 Å². The Hall–Kier alpha value is -3.14. The van der Waals surface area contributed by atoms with Crippen LogP contribution in [0, 0.1) is 0 Å². The molecule has 0 heterocycles. The Morgan fingerprint density at radius 3 is 1.74 bits per heavy atom. The van der Waals surface area contributed by atoms with Crippen molar-refractivity contribution in [3.63, 3.8) is 0 Å². The van der Waals surface area contributed by atoms with Crippen molar-refractivity contribution in [2.24, 2.45) is 0 Å². The molecule has 1 aromatic rings. The topological polar surface area (TPSA) is 116 Å². The van der Waals surface area contributed by atoms with E-state index in [4.69, 9.17) is 4.55 Å². The van der Waals surface area contributed by atoms with E-state index in [1.807, 2.05) is 0 Å². The minimum Gasteiger partial charge on any atom is -0.421 e. The first-order chi connectivity index (χ1) is 18.6.